The van der Waals surface area contributed by atoms with Crippen molar-refractivity contribution in [2.45, 2.75) is 30.7 Å². The van der Waals surface area contributed by atoms with E-state index in [2.05, 4.69) is 22.9 Å². The smallest absolute Gasteiger partial charge is 0.0595 e. The molecule has 2 atom stereocenters. The molecule has 0 radical (unpaired) electrons. The van der Waals surface area contributed by atoms with Crippen molar-refractivity contribution in [2.75, 3.05) is 6.61 Å². The summed E-state index contributed by atoms with van der Waals surface area (Å²) in [5.74, 6) is 0. The van der Waals surface area contributed by atoms with Crippen LogP contribution in [0.1, 0.15) is 19.8 Å². The fraction of sp³-hybridized carbons (Fsp3) is 1.00. The highest BCUT2D eigenvalue weighted by Gasteiger charge is 2.14. The molecule has 0 aromatic rings. The van der Waals surface area contributed by atoms with Gasteiger partial charge in [0.25, 0.3) is 0 Å². The van der Waals surface area contributed by atoms with Crippen LogP contribution in [0.4, 0.5) is 0 Å². The lowest BCUT2D eigenvalue weighted by atomic mass is 10.1. The second kappa shape index (κ2) is 2.83. The Bertz CT molecular complexity index is 56.9. The van der Waals surface area contributed by atoms with Crippen molar-refractivity contribution in [1.29, 1.82) is 0 Å². The van der Waals surface area contributed by atoms with E-state index in [0.29, 0.717) is 10.9 Å². The molecule has 2 heteroatoms. The third-order valence-corrected chi connectivity index (χ3v) is 2.17. The molecule has 1 aliphatic heterocycles. The fourth-order valence-electron chi connectivity index (χ4n) is 0.851. The molecule has 1 saturated heterocycles. The first kappa shape index (κ1) is 6.56. The largest absolute Gasteiger partial charge is 0.377 e. The maximum atomic E-state index is 5.34. The zero-order chi connectivity index (χ0) is 5.98. The third kappa shape index (κ3) is 1.75. The van der Waals surface area contributed by atoms with E-state index in [9.17, 15) is 0 Å². The topological polar surface area (TPSA) is 9.23 Å². The average molecular weight is 179 g/mol. The first-order valence-electron chi connectivity index (χ1n) is 3.04. The Morgan fingerprint density at radius 3 is 2.62 bits per heavy atom. The van der Waals surface area contributed by atoms with Crippen LogP contribution in [0, 0.1) is 0 Å². The molecule has 0 amide bonds. The highest BCUT2D eigenvalue weighted by molar-refractivity contribution is 9.09. The van der Waals surface area contributed by atoms with Gasteiger partial charge in [-0.2, -0.15) is 0 Å². The van der Waals surface area contributed by atoms with Gasteiger partial charge in [0.1, 0.15) is 0 Å². The molecule has 0 aromatic carbocycles. The number of hydrogen-bond acceptors (Lipinski definition) is 1. The van der Waals surface area contributed by atoms with Crippen LogP contribution < -0.4 is 0 Å². The summed E-state index contributed by atoms with van der Waals surface area (Å²) in [5, 5.41) is 0. The molecular formula is C6H11BrO. The maximum absolute atomic E-state index is 5.34. The summed E-state index contributed by atoms with van der Waals surface area (Å²) in [6.07, 6.45) is 2.96. The number of alkyl halides is 1. The zero-order valence-corrected chi connectivity index (χ0v) is 6.65. The fourth-order valence-corrected chi connectivity index (χ4v) is 1.27. The standard InChI is InChI=1S/C6H11BrO/c1-5-2-3-6(7)4-8-5/h5-6H,2-4H2,1H3. The second-order valence-electron chi connectivity index (χ2n) is 2.32. The van der Waals surface area contributed by atoms with E-state index < -0.39 is 0 Å². The average Bonchev–Trinajstić information content (AvgIpc) is 1.77. The molecule has 0 saturated carbocycles. The van der Waals surface area contributed by atoms with Crippen molar-refractivity contribution in [3.05, 3.63) is 0 Å². The van der Waals surface area contributed by atoms with Gasteiger partial charge in [-0.1, -0.05) is 15.9 Å². The van der Waals surface area contributed by atoms with Crippen molar-refractivity contribution >= 4 is 15.9 Å². The van der Waals surface area contributed by atoms with Crippen molar-refractivity contribution in [3.8, 4) is 0 Å². The molecule has 2 unspecified atom stereocenters. The molecule has 0 aromatic heterocycles. The van der Waals surface area contributed by atoms with Crippen molar-refractivity contribution < 1.29 is 4.74 Å². The lowest BCUT2D eigenvalue weighted by Crippen LogP contribution is -2.23. The van der Waals surface area contributed by atoms with Crippen LogP contribution in [0.3, 0.4) is 0 Å². The summed E-state index contributed by atoms with van der Waals surface area (Å²) >= 11 is 3.49. The molecule has 8 heavy (non-hydrogen) atoms. The Hall–Kier alpha value is 0.440. The van der Waals surface area contributed by atoms with Crippen molar-refractivity contribution in [1.82, 2.24) is 0 Å². The van der Waals surface area contributed by atoms with Gasteiger partial charge in [0, 0.05) is 4.83 Å². The Balaban J connectivity index is 2.19. The van der Waals surface area contributed by atoms with Gasteiger partial charge in [0.2, 0.25) is 0 Å². The molecule has 1 fully saturated rings. The van der Waals surface area contributed by atoms with Crippen molar-refractivity contribution in [3.63, 3.8) is 0 Å². The van der Waals surface area contributed by atoms with Gasteiger partial charge in [-0.3, -0.25) is 0 Å². The normalized spacial score (nSPS) is 39.8. The minimum Gasteiger partial charge on any atom is -0.377 e. The van der Waals surface area contributed by atoms with Gasteiger partial charge in [0.15, 0.2) is 0 Å². The molecule has 0 N–H and O–H groups in total. The molecule has 0 aliphatic carbocycles. The van der Waals surface area contributed by atoms with Crippen LogP contribution in [0.25, 0.3) is 0 Å². The van der Waals surface area contributed by atoms with E-state index >= 15 is 0 Å². The highest BCUT2D eigenvalue weighted by atomic mass is 79.9. The number of halogens is 1. The summed E-state index contributed by atoms with van der Waals surface area (Å²) in [7, 11) is 0. The lowest BCUT2D eigenvalue weighted by molar-refractivity contribution is 0.0335. The van der Waals surface area contributed by atoms with Crippen LogP contribution in [-0.2, 0) is 4.74 Å². The van der Waals surface area contributed by atoms with Gasteiger partial charge in [-0.25, -0.2) is 0 Å². The Kier molecular flexibility index (Phi) is 2.32. The van der Waals surface area contributed by atoms with Gasteiger partial charge in [-0.15, -0.1) is 0 Å². The molecule has 1 rings (SSSR count). The third-order valence-electron chi connectivity index (χ3n) is 1.45. The first-order valence-corrected chi connectivity index (χ1v) is 3.96. The Morgan fingerprint density at radius 1 is 1.50 bits per heavy atom. The van der Waals surface area contributed by atoms with Crippen LogP contribution in [0.2, 0.25) is 0 Å². The summed E-state index contributed by atoms with van der Waals surface area (Å²) in [5.41, 5.74) is 0. The van der Waals surface area contributed by atoms with E-state index in [-0.39, 0.29) is 0 Å². The number of hydrogen-bond donors (Lipinski definition) is 0. The van der Waals surface area contributed by atoms with E-state index in [1.807, 2.05) is 0 Å². The van der Waals surface area contributed by atoms with Gasteiger partial charge in [0.05, 0.1) is 12.7 Å². The first-order chi connectivity index (χ1) is 3.79. The molecular weight excluding hydrogens is 168 g/mol. The molecule has 0 spiro atoms. The number of rotatable bonds is 0. The predicted octanol–water partition coefficient (Wildman–Crippen LogP) is 1.95. The minimum atomic E-state index is 0.490. The maximum Gasteiger partial charge on any atom is 0.0595 e. The quantitative estimate of drug-likeness (QED) is 0.516. The van der Waals surface area contributed by atoms with Crippen LogP contribution in [0.15, 0.2) is 0 Å². The molecule has 0 bridgehead atoms. The molecule has 48 valence electrons. The van der Waals surface area contributed by atoms with E-state index in [1.165, 1.54) is 12.8 Å². The van der Waals surface area contributed by atoms with E-state index in [1.54, 1.807) is 0 Å². The van der Waals surface area contributed by atoms with E-state index in [4.69, 9.17) is 4.74 Å². The lowest BCUT2D eigenvalue weighted by Gasteiger charge is -2.22. The SMILES string of the molecule is CC1CCC(Br)CO1. The Labute approximate surface area is 58.5 Å². The van der Waals surface area contributed by atoms with Crippen LogP contribution in [0.5, 0.6) is 0 Å². The van der Waals surface area contributed by atoms with Gasteiger partial charge < -0.3 is 4.74 Å². The minimum absolute atomic E-state index is 0.490. The van der Waals surface area contributed by atoms with Crippen LogP contribution in [-0.4, -0.2) is 17.5 Å². The summed E-state index contributed by atoms with van der Waals surface area (Å²) in [6.45, 7) is 3.01. The molecule has 1 aliphatic rings. The highest BCUT2D eigenvalue weighted by Crippen LogP contribution is 2.18. The second-order valence-corrected chi connectivity index (χ2v) is 3.61. The summed E-state index contributed by atoms with van der Waals surface area (Å²) in [4.78, 5) is 0.610. The number of ether oxygens (including phenoxy) is 1. The summed E-state index contributed by atoms with van der Waals surface area (Å²) in [6, 6.07) is 0. The van der Waals surface area contributed by atoms with E-state index in [0.717, 1.165) is 6.61 Å². The molecule has 1 nitrogen and oxygen atoms in total. The monoisotopic (exact) mass is 178 g/mol. The predicted molar refractivity (Wildman–Crippen MR) is 37.4 cm³/mol. The van der Waals surface area contributed by atoms with Crippen molar-refractivity contribution in [2.24, 2.45) is 0 Å². The zero-order valence-electron chi connectivity index (χ0n) is 5.06. The van der Waals surface area contributed by atoms with Crippen LogP contribution >= 0.6 is 15.9 Å². The van der Waals surface area contributed by atoms with Gasteiger partial charge in [-0.05, 0) is 19.8 Å². The Morgan fingerprint density at radius 2 is 2.25 bits per heavy atom. The van der Waals surface area contributed by atoms with Gasteiger partial charge >= 0.3 is 0 Å². The molecule has 1 heterocycles. The summed E-state index contributed by atoms with van der Waals surface area (Å²) < 4.78 is 5.34.